The van der Waals surface area contributed by atoms with Crippen molar-refractivity contribution in [1.29, 1.82) is 0 Å². The van der Waals surface area contributed by atoms with Crippen LogP contribution >= 0.6 is 0 Å². The van der Waals surface area contributed by atoms with Gasteiger partial charge in [0.05, 0.1) is 24.3 Å². The first-order valence-electron chi connectivity index (χ1n) is 11.1. The van der Waals surface area contributed by atoms with Gasteiger partial charge in [-0.3, -0.25) is 13.7 Å². The summed E-state index contributed by atoms with van der Waals surface area (Å²) in [6, 6.07) is 3.48. The summed E-state index contributed by atoms with van der Waals surface area (Å²) in [6.07, 6.45) is 1.20. The minimum Gasteiger partial charge on any atom is -0.367 e. The molecule has 1 saturated carbocycles. The number of aromatic nitrogens is 4. The Labute approximate surface area is 209 Å². The Morgan fingerprint density at radius 2 is 2.03 bits per heavy atom. The van der Waals surface area contributed by atoms with E-state index in [9.17, 15) is 30.8 Å². The van der Waals surface area contributed by atoms with E-state index in [1.54, 1.807) is 0 Å². The van der Waals surface area contributed by atoms with Crippen molar-refractivity contribution in [3.63, 3.8) is 0 Å². The third-order valence-electron chi connectivity index (χ3n) is 5.81. The molecule has 0 bridgehead atoms. The molecule has 198 valence electrons. The van der Waals surface area contributed by atoms with Gasteiger partial charge in [0.15, 0.2) is 0 Å². The number of ketones is 1. The molecule has 1 fully saturated rings. The lowest BCUT2D eigenvalue weighted by atomic mass is 10.1. The van der Waals surface area contributed by atoms with Crippen LogP contribution in [-0.4, -0.2) is 46.6 Å². The predicted molar refractivity (Wildman–Crippen MR) is 122 cm³/mol. The number of nitrogens with two attached hydrogens (primary N) is 1. The van der Waals surface area contributed by atoms with Gasteiger partial charge in [-0.25, -0.2) is 19.5 Å². The highest BCUT2D eigenvalue weighted by Gasteiger charge is 2.31. The number of nitrogens with one attached hydrogen (secondary N) is 1. The Morgan fingerprint density at radius 3 is 2.76 bits per heavy atom. The molecule has 1 aliphatic rings. The van der Waals surface area contributed by atoms with E-state index in [1.807, 2.05) is 0 Å². The van der Waals surface area contributed by atoms with E-state index in [0.29, 0.717) is 25.3 Å². The highest BCUT2D eigenvalue weighted by atomic mass is 32.2. The fraction of sp³-hybridized carbons (Fsp3) is 0.364. The van der Waals surface area contributed by atoms with E-state index < -0.39 is 33.6 Å². The zero-order chi connectivity index (χ0) is 26.8. The van der Waals surface area contributed by atoms with E-state index in [-0.39, 0.29) is 47.8 Å². The van der Waals surface area contributed by atoms with Crippen molar-refractivity contribution in [3.05, 3.63) is 71.2 Å². The van der Waals surface area contributed by atoms with Gasteiger partial charge in [-0.2, -0.15) is 26.7 Å². The van der Waals surface area contributed by atoms with Gasteiger partial charge < -0.3 is 5.32 Å². The Bertz CT molecular complexity index is 1400. The van der Waals surface area contributed by atoms with E-state index >= 15 is 0 Å². The second kappa shape index (κ2) is 10.5. The van der Waals surface area contributed by atoms with Crippen LogP contribution in [0.5, 0.6) is 0 Å². The summed E-state index contributed by atoms with van der Waals surface area (Å²) in [7, 11) is -4.03. The normalized spacial score (nSPS) is 18.2. The van der Waals surface area contributed by atoms with Gasteiger partial charge in [-0.1, -0.05) is 0 Å². The number of hydrogen-bond acceptors (Lipinski definition) is 8. The molecule has 0 unspecified atom stereocenters. The van der Waals surface area contributed by atoms with Gasteiger partial charge in [0.1, 0.15) is 23.7 Å². The zero-order valence-corrected chi connectivity index (χ0v) is 20.0. The van der Waals surface area contributed by atoms with Crippen LogP contribution in [0.25, 0.3) is 0 Å². The Balaban J connectivity index is 1.45. The summed E-state index contributed by atoms with van der Waals surface area (Å²) in [5.74, 6) is -1.35. The molecule has 3 aromatic rings. The molecule has 1 aliphatic carbocycles. The number of carbonyl (C=O) groups excluding carboxylic acids is 1. The molecule has 2 heterocycles. The maximum atomic E-state index is 13.7. The minimum absolute atomic E-state index is 0.00357. The third-order valence-corrected chi connectivity index (χ3v) is 6.27. The van der Waals surface area contributed by atoms with Crippen LogP contribution in [0.2, 0.25) is 0 Å². The van der Waals surface area contributed by atoms with Crippen LogP contribution in [0.4, 0.5) is 23.4 Å². The van der Waals surface area contributed by atoms with E-state index in [1.165, 1.54) is 29.5 Å². The topological polar surface area (TPSA) is 142 Å². The summed E-state index contributed by atoms with van der Waals surface area (Å²) in [5.41, 5.74) is -0.964. The molecular formula is C22H22F4N6O4S. The number of nitrogens with zero attached hydrogens (tertiary/aromatic N) is 4. The van der Waals surface area contributed by atoms with Crippen LogP contribution in [-0.2, 0) is 27.2 Å². The Kier molecular flexibility index (Phi) is 7.57. The first-order valence-corrected chi connectivity index (χ1v) is 12.5. The minimum atomic E-state index is -4.70. The van der Waals surface area contributed by atoms with E-state index in [4.69, 9.17) is 5.14 Å². The average molecular weight is 543 g/mol. The molecule has 10 nitrogen and oxygen atoms in total. The molecule has 3 N–H and O–H groups in total. The number of carbonyl (C=O) groups is 1. The standard InChI is InChI=1S/C22H22F4N6O4S/c23-16-6-14(5-15(8-16)22(24,25)26)10-32-4-3-19(31-32)20(33)18-9-28-12-29-21(18)30-17-2-1-13(7-17)11-36-37(27,34)35/h3-6,8-9,12-13,17H,1-2,7,10-11H2,(H2,27,34,35)(H,28,29,30)/t13-,17+/m1/s1. The monoisotopic (exact) mass is 542 g/mol. The van der Waals surface area contributed by atoms with Gasteiger partial charge in [-0.05, 0) is 55.0 Å². The lowest BCUT2D eigenvalue weighted by Crippen LogP contribution is -2.22. The van der Waals surface area contributed by atoms with Crippen LogP contribution < -0.4 is 10.5 Å². The third kappa shape index (κ3) is 7.08. The van der Waals surface area contributed by atoms with Gasteiger partial charge in [-0.15, -0.1) is 0 Å². The molecule has 15 heteroatoms. The number of alkyl halides is 3. The molecule has 4 rings (SSSR count). The van der Waals surface area contributed by atoms with Crippen molar-refractivity contribution in [2.45, 2.75) is 38.0 Å². The lowest BCUT2D eigenvalue weighted by molar-refractivity contribution is -0.137. The van der Waals surface area contributed by atoms with Gasteiger partial charge in [0.25, 0.3) is 0 Å². The zero-order valence-electron chi connectivity index (χ0n) is 19.2. The van der Waals surface area contributed by atoms with Crippen LogP contribution in [0.15, 0.2) is 43.0 Å². The van der Waals surface area contributed by atoms with Crippen LogP contribution in [0.1, 0.15) is 46.4 Å². The summed E-state index contributed by atoms with van der Waals surface area (Å²) >= 11 is 0. The van der Waals surface area contributed by atoms with Crippen molar-refractivity contribution in [3.8, 4) is 0 Å². The molecule has 2 aromatic heterocycles. The van der Waals surface area contributed by atoms with E-state index in [2.05, 4.69) is 24.6 Å². The second-order valence-corrected chi connectivity index (χ2v) is 9.88. The summed E-state index contributed by atoms with van der Waals surface area (Å²) in [5, 5.41) is 12.2. The van der Waals surface area contributed by atoms with Crippen molar-refractivity contribution in [2.75, 3.05) is 11.9 Å². The predicted octanol–water partition coefficient (Wildman–Crippen LogP) is 2.91. The smallest absolute Gasteiger partial charge is 0.367 e. The molecule has 2 atom stereocenters. The first kappa shape index (κ1) is 26.6. The summed E-state index contributed by atoms with van der Waals surface area (Å²) in [4.78, 5) is 21.2. The quantitative estimate of drug-likeness (QED) is 0.311. The first-order chi connectivity index (χ1) is 17.4. The summed E-state index contributed by atoms with van der Waals surface area (Å²) in [6.45, 7) is -0.228. The lowest BCUT2D eigenvalue weighted by Gasteiger charge is -2.15. The second-order valence-electron chi connectivity index (χ2n) is 8.66. The SMILES string of the molecule is NS(=O)(=O)OC[C@@H]1CC[C@H](Nc2ncncc2C(=O)c2ccn(Cc3cc(F)cc(C(F)(F)F)c3)n2)C1. The van der Waals surface area contributed by atoms with Crippen LogP contribution in [0, 0.1) is 11.7 Å². The van der Waals surface area contributed by atoms with Crippen molar-refractivity contribution in [1.82, 2.24) is 19.7 Å². The molecule has 0 aliphatic heterocycles. The number of benzene rings is 1. The summed E-state index contributed by atoms with van der Waals surface area (Å²) < 4.78 is 80.6. The van der Waals surface area contributed by atoms with Crippen LogP contribution in [0.3, 0.4) is 0 Å². The highest BCUT2D eigenvalue weighted by molar-refractivity contribution is 7.84. The Hall–Kier alpha value is -3.43. The number of hydrogen-bond donors (Lipinski definition) is 2. The van der Waals surface area contributed by atoms with Gasteiger partial charge >= 0.3 is 16.5 Å². The fourth-order valence-corrected chi connectivity index (χ4v) is 4.54. The molecule has 0 radical (unpaired) electrons. The highest BCUT2D eigenvalue weighted by Crippen LogP contribution is 2.31. The van der Waals surface area contributed by atoms with E-state index in [0.717, 1.165) is 12.1 Å². The fourth-order valence-electron chi connectivity index (χ4n) is 4.15. The number of rotatable bonds is 9. The Morgan fingerprint density at radius 1 is 1.24 bits per heavy atom. The number of anilines is 1. The van der Waals surface area contributed by atoms with Gasteiger partial charge in [0, 0.05) is 18.4 Å². The largest absolute Gasteiger partial charge is 0.416 e. The van der Waals surface area contributed by atoms with Crippen molar-refractivity contribution < 1.29 is 35.0 Å². The molecule has 0 amide bonds. The number of halogens is 4. The van der Waals surface area contributed by atoms with Crippen molar-refractivity contribution in [2.24, 2.45) is 11.1 Å². The molecule has 0 spiro atoms. The maximum Gasteiger partial charge on any atom is 0.416 e. The maximum absolute atomic E-state index is 13.7. The average Bonchev–Trinajstić information content (AvgIpc) is 3.46. The molecular weight excluding hydrogens is 520 g/mol. The molecule has 1 aromatic carbocycles. The molecule has 37 heavy (non-hydrogen) atoms. The molecule has 0 saturated heterocycles. The van der Waals surface area contributed by atoms with Crippen molar-refractivity contribution >= 4 is 21.9 Å². The van der Waals surface area contributed by atoms with Gasteiger partial charge in [0.2, 0.25) is 5.78 Å².